The van der Waals surface area contributed by atoms with Gasteiger partial charge in [0.15, 0.2) is 0 Å². The average Bonchev–Trinajstić information content (AvgIpc) is 2.48. The zero-order valence-corrected chi connectivity index (χ0v) is 12.2. The first-order chi connectivity index (χ1) is 9.72. The Bertz CT molecular complexity index is 753. The Labute approximate surface area is 128 Å². The molecule has 0 spiro atoms. The van der Waals surface area contributed by atoms with Gasteiger partial charge in [-0.05, 0) is 40.6 Å². The summed E-state index contributed by atoms with van der Waals surface area (Å²) in [7, 11) is 0. The van der Waals surface area contributed by atoms with Gasteiger partial charge in [0, 0.05) is 0 Å². The van der Waals surface area contributed by atoms with Crippen molar-refractivity contribution in [1.29, 1.82) is 0 Å². The monoisotopic (exact) mass is 300 g/mol. The molecule has 3 aromatic carbocycles. The van der Waals surface area contributed by atoms with Crippen LogP contribution in [0, 0.1) is 0 Å². The highest BCUT2D eigenvalue weighted by Crippen LogP contribution is 2.25. The molecule has 99 valence electrons. The third-order valence-electron chi connectivity index (χ3n) is 3.16. The van der Waals surface area contributed by atoms with Crippen LogP contribution in [0.15, 0.2) is 60.7 Å². The highest BCUT2D eigenvalue weighted by Gasteiger charge is 2.01. The summed E-state index contributed by atoms with van der Waals surface area (Å²) in [5.74, 6) is 0. The number of rotatable bonds is 3. The first kappa shape index (κ1) is 13.3. The van der Waals surface area contributed by atoms with E-state index >= 15 is 0 Å². The van der Waals surface area contributed by atoms with Crippen LogP contribution in [0.1, 0.15) is 5.56 Å². The third-order valence-corrected chi connectivity index (χ3v) is 3.90. The zero-order chi connectivity index (χ0) is 13.9. The lowest BCUT2D eigenvalue weighted by Gasteiger charge is -2.06. The van der Waals surface area contributed by atoms with Crippen LogP contribution in [-0.4, -0.2) is 0 Å². The molecule has 0 saturated heterocycles. The average molecular weight is 301 g/mol. The second-order valence-electron chi connectivity index (χ2n) is 4.60. The van der Waals surface area contributed by atoms with Crippen LogP contribution < -0.4 is 5.32 Å². The molecule has 0 aliphatic heterocycles. The van der Waals surface area contributed by atoms with Crippen LogP contribution in [0.3, 0.4) is 0 Å². The first-order valence-electron chi connectivity index (χ1n) is 6.32. The lowest BCUT2D eigenvalue weighted by atomic mass is 10.1. The smallest absolute Gasteiger partial charge is 0.0647 e. The summed E-state index contributed by atoms with van der Waals surface area (Å²) in [5, 5.41) is 8.10. The standard InChI is InChI=1S/C17H12Cl2N/c18-16-8-7-15(10-17(16)19)20-11-12-5-6-13-3-1-2-4-14(13)9-12/h1-10H,11H2. The summed E-state index contributed by atoms with van der Waals surface area (Å²) in [6, 6.07) is 20.1. The Morgan fingerprint density at radius 2 is 1.55 bits per heavy atom. The van der Waals surface area contributed by atoms with E-state index in [1.807, 2.05) is 18.2 Å². The van der Waals surface area contributed by atoms with Crippen molar-refractivity contribution in [2.45, 2.75) is 6.54 Å². The van der Waals surface area contributed by atoms with Crippen LogP contribution in [0.25, 0.3) is 10.8 Å². The molecular weight excluding hydrogens is 289 g/mol. The van der Waals surface area contributed by atoms with Gasteiger partial charge in [0.2, 0.25) is 0 Å². The van der Waals surface area contributed by atoms with Gasteiger partial charge in [-0.3, -0.25) is 5.32 Å². The molecule has 0 fully saturated rings. The molecule has 0 N–H and O–H groups in total. The molecule has 0 heterocycles. The number of hydrogen-bond donors (Lipinski definition) is 0. The molecule has 0 aromatic heterocycles. The van der Waals surface area contributed by atoms with Crippen molar-refractivity contribution in [3.05, 3.63) is 76.3 Å². The van der Waals surface area contributed by atoms with E-state index in [1.54, 1.807) is 12.1 Å². The molecule has 3 rings (SSSR count). The summed E-state index contributed by atoms with van der Waals surface area (Å²) < 4.78 is 0. The maximum absolute atomic E-state index is 5.98. The summed E-state index contributed by atoms with van der Waals surface area (Å²) in [6.45, 7) is 0.628. The van der Waals surface area contributed by atoms with E-state index in [-0.39, 0.29) is 0 Å². The van der Waals surface area contributed by atoms with Gasteiger partial charge in [-0.1, -0.05) is 59.6 Å². The van der Waals surface area contributed by atoms with E-state index in [1.165, 1.54) is 16.3 Å². The fourth-order valence-electron chi connectivity index (χ4n) is 2.10. The Hall–Kier alpha value is -1.70. The Kier molecular flexibility index (Phi) is 3.81. The molecule has 1 radical (unpaired) electrons. The lowest BCUT2D eigenvalue weighted by molar-refractivity contribution is 0.865. The molecule has 0 saturated carbocycles. The summed E-state index contributed by atoms with van der Waals surface area (Å²) in [4.78, 5) is 0. The van der Waals surface area contributed by atoms with Gasteiger partial charge in [0.25, 0.3) is 0 Å². The molecule has 20 heavy (non-hydrogen) atoms. The van der Waals surface area contributed by atoms with Crippen molar-refractivity contribution in [3.63, 3.8) is 0 Å². The summed E-state index contributed by atoms with van der Waals surface area (Å²) in [5.41, 5.74) is 2.02. The van der Waals surface area contributed by atoms with Gasteiger partial charge < -0.3 is 0 Å². The molecule has 0 aliphatic carbocycles. The largest absolute Gasteiger partial charge is 0.281 e. The molecule has 0 aliphatic rings. The first-order valence-corrected chi connectivity index (χ1v) is 7.08. The van der Waals surface area contributed by atoms with Gasteiger partial charge in [-0.2, -0.15) is 0 Å². The van der Waals surface area contributed by atoms with Gasteiger partial charge >= 0.3 is 0 Å². The van der Waals surface area contributed by atoms with E-state index in [9.17, 15) is 0 Å². The maximum Gasteiger partial charge on any atom is 0.0647 e. The SMILES string of the molecule is Clc1ccc([N]Cc2ccc3ccccc3c2)cc1Cl. The molecule has 0 amide bonds. The van der Waals surface area contributed by atoms with Crippen LogP contribution in [-0.2, 0) is 6.54 Å². The fraction of sp³-hybridized carbons (Fsp3) is 0.0588. The second kappa shape index (κ2) is 5.74. The normalized spacial score (nSPS) is 10.7. The van der Waals surface area contributed by atoms with Crippen molar-refractivity contribution < 1.29 is 0 Å². The van der Waals surface area contributed by atoms with E-state index in [0.717, 1.165) is 5.69 Å². The molecular formula is C17H12Cl2N. The van der Waals surface area contributed by atoms with Crippen LogP contribution in [0.2, 0.25) is 10.0 Å². The number of nitrogens with zero attached hydrogens (tertiary/aromatic N) is 1. The van der Waals surface area contributed by atoms with Crippen molar-refractivity contribution in [2.75, 3.05) is 0 Å². The predicted octanol–water partition coefficient (Wildman–Crippen LogP) is 5.58. The highest BCUT2D eigenvalue weighted by atomic mass is 35.5. The minimum absolute atomic E-state index is 0.534. The van der Waals surface area contributed by atoms with Gasteiger partial charge in [-0.15, -0.1) is 0 Å². The predicted molar refractivity (Wildman–Crippen MR) is 85.9 cm³/mol. The van der Waals surface area contributed by atoms with Crippen molar-refractivity contribution in [3.8, 4) is 0 Å². The summed E-state index contributed by atoms with van der Waals surface area (Å²) in [6.07, 6.45) is 0. The summed E-state index contributed by atoms with van der Waals surface area (Å²) >= 11 is 11.9. The minimum Gasteiger partial charge on any atom is -0.281 e. The van der Waals surface area contributed by atoms with Gasteiger partial charge in [0.1, 0.15) is 0 Å². The van der Waals surface area contributed by atoms with E-state index in [4.69, 9.17) is 23.2 Å². The quantitative estimate of drug-likeness (QED) is 0.599. The van der Waals surface area contributed by atoms with E-state index in [2.05, 4.69) is 35.6 Å². The Balaban J connectivity index is 1.77. The van der Waals surface area contributed by atoms with Crippen molar-refractivity contribution in [1.82, 2.24) is 5.32 Å². The van der Waals surface area contributed by atoms with Gasteiger partial charge in [0.05, 0.1) is 22.3 Å². The topological polar surface area (TPSA) is 14.1 Å². The van der Waals surface area contributed by atoms with Crippen LogP contribution >= 0.6 is 23.2 Å². The highest BCUT2D eigenvalue weighted by molar-refractivity contribution is 6.42. The maximum atomic E-state index is 5.98. The fourth-order valence-corrected chi connectivity index (χ4v) is 2.40. The van der Waals surface area contributed by atoms with Crippen molar-refractivity contribution in [2.24, 2.45) is 0 Å². The number of halogens is 2. The molecule has 3 heteroatoms. The molecule has 1 nitrogen and oxygen atoms in total. The third kappa shape index (κ3) is 2.90. The number of hydrogen-bond acceptors (Lipinski definition) is 0. The molecule has 0 unspecified atom stereocenters. The lowest BCUT2D eigenvalue weighted by Crippen LogP contribution is -1.97. The Morgan fingerprint density at radius 3 is 2.35 bits per heavy atom. The molecule has 0 bridgehead atoms. The van der Waals surface area contributed by atoms with E-state index < -0.39 is 0 Å². The second-order valence-corrected chi connectivity index (χ2v) is 5.41. The van der Waals surface area contributed by atoms with E-state index in [0.29, 0.717) is 16.6 Å². The minimum atomic E-state index is 0.534. The Morgan fingerprint density at radius 1 is 0.750 bits per heavy atom. The number of fused-ring (bicyclic) bond motifs is 1. The zero-order valence-electron chi connectivity index (χ0n) is 10.7. The van der Waals surface area contributed by atoms with Crippen molar-refractivity contribution >= 4 is 39.7 Å². The molecule has 3 aromatic rings. The molecule has 0 atom stereocenters. The number of benzene rings is 3. The van der Waals surface area contributed by atoms with Crippen LogP contribution in [0.4, 0.5) is 5.69 Å². The van der Waals surface area contributed by atoms with Gasteiger partial charge in [-0.25, -0.2) is 0 Å². The van der Waals surface area contributed by atoms with Crippen LogP contribution in [0.5, 0.6) is 0 Å².